The summed E-state index contributed by atoms with van der Waals surface area (Å²) < 4.78 is 0. The van der Waals surface area contributed by atoms with Crippen molar-refractivity contribution in [2.75, 3.05) is 0 Å². The molecular weight excluding hydrogens is 172 g/mol. The molecular formula is C13H24O. The van der Waals surface area contributed by atoms with Gasteiger partial charge in [-0.15, -0.1) is 0 Å². The lowest BCUT2D eigenvalue weighted by molar-refractivity contribution is 0.0269. The lowest BCUT2D eigenvalue weighted by Crippen LogP contribution is -2.33. The second-order valence-electron chi connectivity index (χ2n) is 5.41. The summed E-state index contributed by atoms with van der Waals surface area (Å²) in [6, 6.07) is 0. The van der Waals surface area contributed by atoms with Crippen LogP contribution in [0.15, 0.2) is 11.6 Å². The molecule has 1 fully saturated rings. The van der Waals surface area contributed by atoms with Crippen LogP contribution in [0.3, 0.4) is 0 Å². The smallest absolute Gasteiger partial charge is 0.0830 e. The molecule has 0 radical (unpaired) electrons. The molecule has 1 heteroatoms. The van der Waals surface area contributed by atoms with Crippen molar-refractivity contribution in [2.45, 2.75) is 59.0 Å². The molecule has 0 aromatic carbocycles. The van der Waals surface area contributed by atoms with Crippen molar-refractivity contribution in [3.05, 3.63) is 11.6 Å². The molecule has 14 heavy (non-hydrogen) atoms. The van der Waals surface area contributed by atoms with E-state index in [0.717, 1.165) is 24.7 Å². The molecule has 0 unspecified atom stereocenters. The van der Waals surface area contributed by atoms with E-state index in [1.165, 1.54) is 18.4 Å². The van der Waals surface area contributed by atoms with Crippen molar-refractivity contribution in [1.29, 1.82) is 0 Å². The Morgan fingerprint density at radius 3 is 2.14 bits per heavy atom. The number of allylic oxidation sites excluding steroid dienone is 1. The maximum Gasteiger partial charge on any atom is 0.0830 e. The van der Waals surface area contributed by atoms with Gasteiger partial charge in [-0.3, -0.25) is 0 Å². The fourth-order valence-corrected chi connectivity index (χ4v) is 2.49. The van der Waals surface area contributed by atoms with E-state index < -0.39 is 5.60 Å². The minimum absolute atomic E-state index is 0.496. The molecule has 0 spiro atoms. The topological polar surface area (TPSA) is 20.2 Å². The van der Waals surface area contributed by atoms with Gasteiger partial charge in [0.1, 0.15) is 0 Å². The summed E-state index contributed by atoms with van der Waals surface area (Å²) in [4.78, 5) is 0. The number of hydrogen-bond donors (Lipinski definition) is 1. The summed E-state index contributed by atoms with van der Waals surface area (Å²) in [5, 5.41) is 10.3. The molecule has 0 heterocycles. The van der Waals surface area contributed by atoms with E-state index in [1.54, 1.807) is 0 Å². The van der Waals surface area contributed by atoms with Gasteiger partial charge in [0.15, 0.2) is 0 Å². The molecule has 1 rings (SSSR count). The van der Waals surface area contributed by atoms with Crippen LogP contribution >= 0.6 is 0 Å². The maximum atomic E-state index is 10.3. The zero-order valence-corrected chi connectivity index (χ0v) is 10.0. The Bertz CT molecular complexity index is 203. The minimum atomic E-state index is -0.496. The van der Waals surface area contributed by atoms with Gasteiger partial charge in [-0.1, -0.05) is 25.5 Å². The first kappa shape index (κ1) is 11.8. The molecule has 0 aromatic rings. The molecule has 1 N–H and O–H groups in total. The normalized spacial score (nSPS) is 33.1. The summed E-state index contributed by atoms with van der Waals surface area (Å²) in [6.45, 7) is 8.70. The molecule has 1 nitrogen and oxygen atoms in total. The van der Waals surface area contributed by atoms with Gasteiger partial charge < -0.3 is 5.11 Å². The zero-order valence-electron chi connectivity index (χ0n) is 10.0. The lowest BCUT2D eigenvalue weighted by Gasteiger charge is -2.36. The van der Waals surface area contributed by atoms with Crippen molar-refractivity contribution in [1.82, 2.24) is 0 Å². The monoisotopic (exact) mass is 196 g/mol. The fraction of sp³-hybridized carbons (Fsp3) is 0.846. The number of rotatable bonds is 2. The summed E-state index contributed by atoms with van der Waals surface area (Å²) in [6.07, 6.45) is 6.29. The van der Waals surface area contributed by atoms with E-state index in [1.807, 2.05) is 6.08 Å². The van der Waals surface area contributed by atoms with Gasteiger partial charge in [-0.25, -0.2) is 0 Å². The Balaban J connectivity index is 2.53. The Labute approximate surface area is 88.2 Å². The van der Waals surface area contributed by atoms with E-state index >= 15 is 0 Å². The molecule has 0 amide bonds. The number of hydrogen-bond acceptors (Lipinski definition) is 1. The van der Waals surface area contributed by atoms with Crippen molar-refractivity contribution >= 4 is 0 Å². The minimum Gasteiger partial charge on any atom is -0.386 e. The predicted octanol–water partition coefficient (Wildman–Crippen LogP) is 3.53. The SMILES string of the molecule is CC(C)=CC1(O)CCC(C(C)C)CC1. The standard InChI is InChI=1S/C13H24O/c1-10(2)9-13(14)7-5-12(6-8-13)11(3)4/h9,11-12,14H,5-8H2,1-4H3. The Morgan fingerprint density at radius 2 is 1.79 bits per heavy atom. The average Bonchev–Trinajstić information content (AvgIpc) is 2.02. The molecule has 1 aliphatic rings. The molecule has 0 aliphatic heterocycles. The third-order valence-electron chi connectivity index (χ3n) is 3.40. The van der Waals surface area contributed by atoms with E-state index in [4.69, 9.17) is 0 Å². The predicted molar refractivity (Wildman–Crippen MR) is 61.2 cm³/mol. The fourth-order valence-electron chi connectivity index (χ4n) is 2.49. The van der Waals surface area contributed by atoms with Gasteiger partial charge >= 0.3 is 0 Å². The van der Waals surface area contributed by atoms with Gasteiger partial charge in [-0.05, 0) is 51.4 Å². The van der Waals surface area contributed by atoms with Crippen LogP contribution in [-0.2, 0) is 0 Å². The molecule has 0 atom stereocenters. The first-order chi connectivity index (χ1) is 6.43. The molecule has 0 saturated heterocycles. The Hall–Kier alpha value is -0.300. The van der Waals surface area contributed by atoms with Crippen molar-refractivity contribution in [3.8, 4) is 0 Å². The van der Waals surface area contributed by atoms with Crippen LogP contribution in [-0.4, -0.2) is 10.7 Å². The molecule has 0 aromatic heterocycles. The van der Waals surface area contributed by atoms with E-state index in [0.29, 0.717) is 0 Å². The van der Waals surface area contributed by atoms with Crippen LogP contribution in [0.2, 0.25) is 0 Å². The van der Waals surface area contributed by atoms with Gasteiger partial charge in [0.2, 0.25) is 0 Å². The first-order valence-corrected chi connectivity index (χ1v) is 5.81. The highest BCUT2D eigenvalue weighted by Gasteiger charge is 2.31. The van der Waals surface area contributed by atoms with Crippen LogP contribution < -0.4 is 0 Å². The molecule has 82 valence electrons. The third kappa shape index (κ3) is 3.13. The van der Waals surface area contributed by atoms with Crippen LogP contribution in [0.25, 0.3) is 0 Å². The van der Waals surface area contributed by atoms with Gasteiger partial charge in [0.05, 0.1) is 5.60 Å². The van der Waals surface area contributed by atoms with Crippen LogP contribution in [0, 0.1) is 11.8 Å². The van der Waals surface area contributed by atoms with E-state index in [2.05, 4.69) is 27.7 Å². The molecule has 1 saturated carbocycles. The van der Waals surface area contributed by atoms with Crippen LogP contribution in [0.1, 0.15) is 53.4 Å². The Kier molecular flexibility index (Phi) is 3.77. The number of aliphatic hydroxyl groups is 1. The molecule has 0 bridgehead atoms. The van der Waals surface area contributed by atoms with Gasteiger partial charge in [0, 0.05) is 0 Å². The highest BCUT2D eigenvalue weighted by Crippen LogP contribution is 2.36. The van der Waals surface area contributed by atoms with Gasteiger partial charge in [0.25, 0.3) is 0 Å². The Morgan fingerprint density at radius 1 is 1.29 bits per heavy atom. The van der Waals surface area contributed by atoms with Crippen molar-refractivity contribution in [2.24, 2.45) is 11.8 Å². The first-order valence-electron chi connectivity index (χ1n) is 5.81. The van der Waals surface area contributed by atoms with E-state index in [9.17, 15) is 5.11 Å². The third-order valence-corrected chi connectivity index (χ3v) is 3.40. The van der Waals surface area contributed by atoms with Crippen LogP contribution in [0.5, 0.6) is 0 Å². The second kappa shape index (κ2) is 4.48. The van der Waals surface area contributed by atoms with Crippen molar-refractivity contribution in [3.63, 3.8) is 0 Å². The average molecular weight is 196 g/mol. The zero-order chi connectivity index (χ0) is 10.8. The summed E-state index contributed by atoms with van der Waals surface area (Å²) >= 11 is 0. The van der Waals surface area contributed by atoms with Crippen LogP contribution in [0.4, 0.5) is 0 Å². The van der Waals surface area contributed by atoms with Gasteiger partial charge in [-0.2, -0.15) is 0 Å². The lowest BCUT2D eigenvalue weighted by atomic mass is 9.74. The summed E-state index contributed by atoms with van der Waals surface area (Å²) in [5.74, 6) is 1.59. The summed E-state index contributed by atoms with van der Waals surface area (Å²) in [5.41, 5.74) is 0.736. The highest BCUT2D eigenvalue weighted by molar-refractivity contribution is 5.08. The largest absolute Gasteiger partial charge is 0.386 e. The highest BCUT2D eigenvalue weighted by atomic mass is 16.3. The molecule has 1 aliphatic carbocycles. The maximum absolute atomic E-state index is 10.3. The summed E-state index contributed by atoms with van der Waals surface area (Å²) in [7, 11) is 0. The quantitative estimate of drug-likeness (QED) is 0.670. The van der Waals surface area contributed by atoms with E-state index in [-0.39, 0.29) is 0 Å². The second-order valence-corrected chi connectivity index (χ2v) is 5.41. The van der Waals surface area contributed by atoms with Crippen molar-refractivity contribution < 1.29 is 5.11 Å².